The van der Waals surface area contributed by atoms with Gasteiger partial charge in [0.2, 0.25) is 0 Å². The van der Waals surface area contributed by atoms with E-state index in [0.29, 0.717) is 75.4 Å². The summed E-state index contributed by atoms with van der Waals surface area (Å²) in [5.41, 5.74) is 11.2. The second kappa shape index (κ2) is 40.9. The molecule has 0 unspecified atom stereocenters. The number of carboxylic acid groups (broad SMARTS) is 3. The van der Waals surface area contributed by atoms with E-state index < -0.39 is 17.9 Å². The molecule has 0 heterocycles. The quantitative estimate of drug-likeness (QED) is 0.0304. The first-order valence-corrected chi connectivity index (χ1v) is 37.6. The van der Waals surface area contributed by atoms with E-state index in [1.807, 2.05) is 233 Å². The number of methoxy groups -OCH3 is 3. The third kappa shape index (κ3) is 24.3. The third-order valence-corrected chi connectivity index (χ3v) is 19.2. The van der Waals surface area contributed by atoms with Gasteiger partial charge in [-0.15, -0.1) is 0 Å². The van der Waals surface area contributed by atoms with Gasteiger partial charge in [-0.2, -0.15) is 0 Å². The number of para-hydroxylation sites is 4. The molecule has 564 valence electrons. The lowest BCUT2D eigenvalue weighted by atomic mass is 10.0. The van der Waals surface area contributed by atoms with Gasteiger partial charge in [0.25, 0.3) is 17.7 Å². The lowest BCUT2D eigenvalue weighted by Crippen LogP contribution is -2.32. The van der Waals surface area contributed by atoms with E-state index in [-0.39, 0.29) is 55.1 Å². The molecule has 108 heavy (non-hydrogen) atoms. The lowest BCUT2D eigenvalue weighted by Gasteiger charge is -2.24. The van der Waals surface area contributed by atoms with Crippen LogP contribution in [0.1, 0.15) is 163 Å². The third-order valence-electron chi connectivity index (χ3n) is 19.2. The van der Waals surface area contributed by atoms with Gasteiger partial charge >= 0.3 is 17.9 Å². The number of hydrogen-bond donors (Lipinski definition) is 3. The summed E-state index contributed by atoms with van der Waals surface area (Å²) in [7, 11) is 4.96. The smallest absolute Gasteiger partial charge is 0.303 e. The van der Waals surface area contributed by atoms with Crippen molar-refractivity contribution in [3.05, 3.63) is 252 Å². The first-order valence-electron chi connectivity index (χ1n) is 37.6. The Labute approximate surface area is 633 Å². The van der Waals surface area contributed by atoms with Crippen molar-refractivity contribution in [2.45, 2.75) is 153 Å². The molecule has 0 aliphatic heterocycles. The highest BCUT2D eigenvalue weighted by Gasteiger charge is 2.36. The van der Waals surface area contributed by atoms with Crippen LogP contribution in [0.2, 0.25) is 0 Å². The van der Waals surface area contributed by atoms with Crippen LogP contribution in [0.5, 0.6) is 34.5 Å². The van der Waals surface area contributed by atoms with Crippen LogP contribution in [-0.4, -0.2) is 125 Å². The molecular weight excluding hydrogens is 1360 g/mol. The minimum absolute atomic E-state index is 0.0209. The normalized spacial score (nSPS) is 12.7. The van der Waals surface area contributed by atoms with Crippen molar-refractivity contribution in [2.75, 3.05) is 41.2 Å². The Morgan fingerprint density at radius 3 is 0.981 bits per heavy atom. The van der Waals surface area contributed by atoms with Gasteiger partial charge in [0.1, 0.15) is 34.5 Å². The Kier molecular flexibility index (Phi) is 30.0. The second-order valence-corrected chi connectivity index (χ2v) is 27.4. The summed E-state index contributed by atoms with van der Waals surface area (Å²) < 4.78 is 34.1. The molecule has 3 saturated carbocycles. The molecule has 9 aromatic rings. The minimum Gasteiger partial charge on any atom is -0.497 e. The van der Waals surface area contributed by atoms with Crippen LogP contribution in [0.4, 0.5) is 0 Å². The first-order chi connectivity index (χ1) is 52.7. The number of carbonyl (C=O) groups is 6. The van der Waals surface area contributed by atoms with Crippen LogP contribution >= 0.6 is 0 Å². The van der Waals surface area contributed by atoms with Gasteiger partial charge < -0.3 is 58.4 Å². The fourth-order valence-electron chi connectivity index (χ4n) is 12.7. The fourth-order valence-corrected chi connectivity index (χ4v) is 12.7. The van der Waals surface area contributed by atoms with Gasteiger partial charge in [0.05, 0.1) is 41.2 Å². The van der Waals surface area contributed by atoms with E-state index in [1.165, 1.54) is 0 Å². The molecule has 18 heteroatoms. The SMILES string of the molecule is COc1ccc(-c2ccc(C(=O)N(Cc3ccccc3OCCCCCC(=O)O)C3CC3)cc2)cc1.COc1cccc(-c2ccc(C(=O)N(Cc3ccccc3OCCCCCC(=O)O)C3CC3)cc2)c1.COc1ccccc1-c1ccc(C(=O)N(Cc2ccccc2OCCCCCC(=O)O)C2CC2)cc1. The number of carboxylic acids is 3. The van der Waals surface area contributed by atoms with Gasteiger partial charge in [0, 0.05) is 96.0 Å². The zero-order valence-corrected chi connectivity index (χ0v) is 62.1. The van der Waals surface area contributed by atoms with Crippen molar-refractivity contribution in [1.82, 2.24) is 14.7 Å². The van der Waals surface area contributed by atoms with Crippen molar-refractivity contribution in [2.24, 2.45) is 0 Å². The van der Waals surface area contributed by atoms with Crippen LogP contribution in [-0.2, 0) is 34.0 Å². The molecule has 0 radical (unpaired) electrons. The molecule has 3 amide bonds. The monoisotopic (exact) mass is 1460 g/mol. The number of ether oxygens (including phenoxy) is 6. The predicted octanol–water partition coefficient (Wildman–Crippen LogP) is 18.6. The molecule has 0 bridgehead atoms. The van der Waals surface area contributed by atoms with Gasteiger partial charge in [-0.25, -0.2) is 0 Å². The number of carbonyl (C=O) groups excluding carboxylic acids is 3. The summed E-state index contributed by atoms with van der Waals surface area (Å²) in [4.78, 5) is 78.3. The molecule has 0 saturated heterocycles. The van der Waals surface area contributed by atoms with Crippen molar-refractivity contribution in [3.8, 4) is 67.9 Å². The molecule has 9 aromatic carbocycles. The molecule has 0 aromatic heterocycles. The van der Waals surface area contributed by atoms with E-state index in [4.69, 9.17) is 43.7 Å². The Morgan fingerprint density at radius 1 is 0.315 bits per heavy atom. The average molecular weight is 1460 g/mol. The number of amides is 3. The number of benzene rings is 9. The highest BCUT2D eigenvalue weighted by Crippen LogP contribution is 2.37. The van der Waals surface area contributed by atoms with E-state index in [2.05, 4.69) is 0 Å². The summed E-state index contributed by atoms with van der Waals surface area (Å²) >= 11 is 0. The number of aliphatic carboxylic acids is 3. The number of nitrogens with zero attached hydrogens (tertiary/aromatic N) is 3. The summed E-state index contributed by atoms with van der Waals surface area (Å²) in [6.45, 7) is 3.07. The number of rotatable bonds is 39. The topological polar surface area (TPSA) is 228 Å². The summed E-state index contributed by atoms with van der Waals surface area (Å²) in [6.07, 6.45) is 13.4. The van der Waals surface area contributed by atoms with Gasteiger partial charge in [-0.05, 0) is 209 Å². The number of hydrogen-bond acceptors (Lipinski definition) is 12. The maximum absolute atomic E-state index is 13.5. The average Bonchev–Trinajstić information content (AvgIpc) is 1.58. The second-order valence-electron chi connectivity index (χ2n) is 27.4. The molecule has 0 atom stereocenters. The molecule has 3 fully saturated rings. The molecule has 12 rings (SSSR count). The molecule has 3 aliphatic carbocycles. The Balaban J connectivity index is 0.000000173. The van der Waals surface area contributed by atoms with Crippen LogP contribution in [0, 0.1) is 0 Å². The van der Waals surface area contributed by atoms with Crippen molar-refractivity contribution in [1.29, 1.82) is 0 Å². The van der Waals surface area contributed by atoms with Crippen LogP contribution in [0.15, 0.2) is 218 Å². The fraction of sp³-hybridized carbons (Fsp3) is 0.333. The minimum atomic E-state index is -0.763. The molecule has 0 spiro atoms. The zero-order valence-electron chi connectivity index (χ0n) is 62.1. The molecule has 3 N–H and O–H groups in total. The number of unbranched alkanes of at least 4 members (excludes halogenated alkanes) is 6. The standard InChI is InChI=1S/3C30H33NO5/c1-35-28-12-7-5-10-26(28)22-14-16-23(17-15-22)30(34)31(25-18-19-25)21-24-9-4-6-11-27(24)36-20-8-2-3-13-29(32)33;1-35-27-10-7-9-24(20-27)22-13-15-23(16-14-22)30(34)31(26-17-18-26)21-25-8-4-5-11-28(25)36-19-6-2-3-12-29(32)33;1-35-27-18-14-23(15-19-27)22-10-12-24(13-11-22)30(34)31(26-16-17-26)21-25-7-4-5-8-28(25)36-20-6-2-3-9-29(32)33/h4-7,9-12,14-17,25H,2-3,8,13,18-21H2,1H3,(H,32,33);4-5,7-11,13-16,20,26H,2-3,6,12,17-19,21H2,1H3,(H,32,33);4-5,7-8,10-15,18-19,26H,2-3,6,9,16-17,20-21H2,1H3,(H,32,33). The summed E-state index contributed by atoms with van der Waals surface area (Å²) in [6, 6.07) is 71.1. The summed E-state index contributed by atoms with van der Waals surface area (Å²) in [5.74, 6) is 2.54. The largest absolute Gasteiger partial charge is 0.497 e. The van der Waals surface area contributed by atoms with E-state index in [1.54, 1.807) is 21.3 Å². The van der Waals surface area contributed by atoms with Crippen molar-refractivity contribution in [3.63, 3.8) is 0 Å². The highest BCUT2D eigenvalue weighted by atomic mass is 16.5. The van der Waals surface area contributed by atoms with Crippen molar-refractivity contribution >= 4 is 35.6 Å². The summed E-state index contributed by atoms with van der Waals surface area (Å²) in [5, 5.41) is 26.3. The van der Waals surface area contributed by atoms with Crippen LogP contribution < -0.4 is 28.4 Å². The highest BCUT2D eigenvalue weighted by molar-refractivity contribution is 5.97. The Morgan fingerprint density at radius 2 is 0.639 bits per heavy atom. The van der Waals surface area contributed by atoms with Crippen LogP contribution in [0.25, 0.3) is 33.4 Å². The molecule has 18 nitrogen and oxygen atoms in total. The van der Waals surface area contributed by atoms with Crippen molar-refractivity contribution < 1.29 is 72.5 Å². The zero-order chi connectivity index (χ0) is 76.0. The van der Waals surface area contributed by atoms with Gasteiger partial charge in [-0.1, -0.05) is 133 Å². The predicted molar refractivity (Wildman–Crippen MR) is 418 cm³/mol. The lowest BCUT2D eigenvalue weighted by molar-refractivity contribution is -0.138. The van der Waals surface area contributed by atoms with E-state index in [0.717, 1.165) is 162 Å². The van der Waals surface area contributed by atoms with Gasteiger partial charge in [-0.3, -0.25) is 28.8 Å². The van der Waals surface area contributed by atoms with Crippen LogP contribution in [0.3, 0.4) is 0 Å². The van der Waals surface area contributed by atoms with E-state index in [9.17, 15) is 28.8 Å². The molecular formula is C90H99N3O15. The maximum atomic E-state index is 13.5. The maximum Gasteiger partial charge on any atom is 0.303 e. The Hall–Kier alpha value is -11.4. The van der Waals surface area contributed by atoms with E-state index >= 15 is 0 Å². The van der Waals surface area contributed by atoms with Gasteiger partial charge in [0.15, 0.2) is 0 Å². The Bertz CT molecular complexity index is 4380. The molecule has 3 aliphatic rings. The first kappa shape index (κ1) is 79.2.